The van der Waals surface area contributed by atoms with Crippen molar-refractivity contribution in [3.05, 3.63) is 38.8 Å². The Bertz CT molecular complexity index is 568. The van der Waals surface area contributed by atoms with Gasteiger partial charge in [-0.2, -0.15) is 5.10 Å². The minimum atomic E-state index is 0.380. The van der Waals surface area contributed by atoms with E-state index in [1.807, 2.05) is 11.3 Å². The van der Waals surface area contributed by atoms with Gasteiger partial charge in [0.2, 0.25) is 0 Å². The minimum Gasteiger partial charge on any atom is -0.305 e. The molecule has 0 spiro atoms. The van der Waals surface area contributed by atoms with E-state index in [2.05, 4.69) is 61.8 Å². The smallest absolute Gasteiger partial charge is 0.0625 e. The summed E-state index contributed by atoms with van der Waals surface area (Å²) in [5, 5.41) is 8.23. The van der Waals surface area contributed by atoms with E-state index in [1.54, 1.807) is 0 Å². The van der Waals surface area contributed by atoms with Gasteiger partial charge in [0, 0.05) is 28.9 Å². The van der Waals surface area contributed by atoms with Gasteiger partial charge in [0.15, 0.2) is 0 Å². The lowest BCUT2D eigenvalue weighted by atomic mass is 10.1. The van der Waals surface area contributed by atoms with E-state index < -0.39 is 0 Å². The Morgan fingerprint density at radius 1 is 1.30 bits per heavy atom. The summed E-state index contributed by atoms with van der Waals surface area (Å²) in [4.78, 5) is 2.80. The summed E-state index contributed by atoms with van der Waals surface area (Å²) >= 11 is 1.88. The first-order chi connectivity index (χ1) is 9.55. The van der Waals surface area contributed by atoms with Gasteiger partial charge in [0.05, 0.1) is 11.4 Å². The van der Waals surface area contributed by atoms with Crippen LogP contribution < -0.4 is 5.32 Å². The maximum atomic E-state index is 4.60. The Morgan fingerprint density at radius 2 is 2.05 bits per heavy atom. The van der Waals surface area contributed by atoms with E-state index in [-0.39, 0.29) is 0 Å². The van der Waals surface area contributed by atoms with Crippen molar-refractivity contribution in [2.75, 3.05) is 0 Å². The largest absolute Gasteiger partial charge is 0.305 e. The molecule has 2 aromatic heterocycles. The number of rotatable bonds is 6. The van der Waals surface area contributed by atoms with Gasteiger partial charge in [0.25, 0.3) is 0 Å². The van der Waals surface area contributed by atoms with Crippen LogP contribution in [0.5, 0.6) is 0 Å². The number of aromatic nitrogens is 2. The molecule has 0 aromatic carbocycles. The highest BCUT2D eigenvalue weighted by Gasteiger charge is 2.12. The first-order valence-electron chi connectivity index (χ1n) is 7.41. The molecule has 0 amide bonds. The first-order valence-corrected chi connectivity index (χ1v) is 8.22. The lowest BCUT2D eigenvalue weighted by Gasteiger charge is -2.14. The second kappa shape index (κ2) is 6.55. The zero-order valence-electron chi connectivity index (χ0n) is 13.2. The maximum absolute atomic E-state index is 4.60. The summed E-state index contributed by atoms with van der Waals surface area (Å²) in [6, 6.07) is 4.89. The minimum absolute atomic E-state index is 0.380. The molecule has 2 aromatic rings. The molecule has 1 atom stereocenters. The third-order valence-electron chi connectivity index (χ3n) is 3.71. The van der Waals surface area contributed by atoms with Gasteiger partial charge < -0.3 is 5.32 Å². The number of hydrogen-bond acceptors (Lipinski definition) is 3. The number of thiophene rings is 1. The van der Waals surface area contributed by atoms with Gasteiger partial charge in [-0.25, -0.2) is 0 Å². The fourth-order valence-corrected chi connectivity index (χ4v) is 3.57. The molecule has 110 valence electrons. The van der Waals surface area contributed by atoms with E-state index in [0.717, 1.165) is 19.5 Å². The molecule has 2 rings (SSSR count). The summed E-state index contributed by atoms with van der Waals surface area (Å²) < 4.78 is 2.10. The van der Waals surface area contributed by atoms with Gasteiger partial charge in [-0.1, -0.05) is 6.92 Å². The van der Waals surface area contributed by atoms with Crippen LogP contribution in [-0.2, 0) is 19.5 Å². The van der Waals surface area contributed by atoms with Crippen LogP contribution in [0, 0.1) is 13.8 Å². The lowest BCUT2D eigenvalue weighted by Crippen LogP contribution is -2.20. The quantitative estimate of drug-likeness (QED) is 0.872. The molecule has 3 nitrogen and oxygen atoms in total. The predicted molar refractivity (Wildman–Crippen MR) is 86.3 cm³/mol. The maximum Gasteiger partial charge on any atom is 0.0625 e. The van der Waals surface area contributed by atoms with Gasteiger partial charge in [-0.05, 0) is 51.8 Å². The molecule has 0 radical (unpaired) electrons. The molecule has 0 saturated heterocycles. The van der Waals surface area contributed by atoms with Crippen LogP contribution in [0.1, 0.15) is 53.5 Å². The van der Waals surface area contributed by atoms with Crippen molar-refractivity contribution in [2.45, 2.75) is 60.2 Å². The first kappa shape index (κ1) is 15.3. The molecular weight excluding hydrogens is 266 g/mol. The Labute approximate surface area is 126 Å². The molecule has 0 aliphatic rings. The molecule has 20 heavy (non-hydrogen) atoms. The van der Waals surface area contributed by atoms with Crippen molar-refractivity contribution >= 4 is 11.3 Å². The highest BCUT2D eigenvalue weighted by molar-refractivity contribution is 7.12. The van der Waals surface area contributed by atoms with Crippen LogP contribution in [-0.4, -0.2) is 9.78 Å². The molecule has 1 unspecified atom stereocenters. The van der Waals surface area contributed by atoms with Crippen molar-refractivity contribution < 1.29 is 0 Å². The van der Waals surface area contributed by atoms with Crippen molar-refractivity contribution in [3.8, 4) is 0 Å². The number of hydrogen-bond donors (Lipinski definition) is 1. The van der Waals surface area contributed by atoms with Gasteiger partial charge >= 0.3 is 0 Å². The van der Waals surface area contributed by atoms with Crippen molar-refractivity contribution in [2.24, 2.45) is 0 Å². The molecule has 1 N–H and O–H groups in total. The predicted octanol–water partition coefficient (Wildman–Crippen LogP) is 3.99. The van der Waals surface area contributed by atoms with E-state index >= 15 is 0 Å². The van der Waals surface area contributed by atoms with Crippen LogP contribution in [0.25, 0.3) is 0 Å². The summed E-state index contributed by atoms with van der Waals surface area (Å²) in [5.41, 5.74) is 3.88. The molecule has 0 fully saturated rings. The molecule has 4 heteroatoms. The summed E-state index contributed by atoms with van der Waals surface area (Å²) in [7, 11) is 0. The number of nitrogens with zero attached hydrogens (tertiary/aromatic N) is 2. The van der Waals surface area contributed by atoms with E-state index in [1.165, 1.54) is 26.7 Å². The standard InChI is InChI=1S/C16H25N3S/c1-6-14-9-15(19(7-2)18-14)10-17-12(4)16-8-11(3)20-13(16)5/h8-9,12,17H,6-7,10H2,1-5H3. The monoisotopic (exact) mass is 291 g/mol. The summed E-state index contributed by atoms with van der Waals surface area (Å²) in [6.07, 6.45) is 0.998. The topological polar surface area (TPSA) is 29.9 Å². The van der Waals surface area contributed by atoms with Crippen molar-refractivity contribution in [1.82, 2.24) is 15.1 Å². The van der Waals surface area contributed by atoms with Crippen LogP contribution in [0.15, 0.2) is 12.1 Å². The number of nitrogens with one attached hydrogen (secondary N) is 1. The Hall–Kier alpha value is -1.13. The summed E-state index contributed by atoms with van der Waals surface area (Å²) in [6.45, 7) is 12.7. The average Bonchev–Trinajstić information content (AvgIpc) is 2.98. The molecular formula is C16H25N3S. The molecule has 0 saturated carbocycles. The van der Waals surface area contributed by atoms with E-state index in [4.69, 9.17) is 0 Å². The normalized spacial score (nSPS) is 12.8. The Balaban J connectivity index is 2.04. The SMILES string of the molecule is CCc1cc(CNC(C)c2cc(C)sc2C)n(CC)n1. The molecule has 0 bridgehead atoms. The highest BCUT2D eigenvalue weighted by Crippen LogP contribution is 2.26. The van der Waals surface area contributed by atoms with Crippen LogP contribution in [0.2, 0.25) is 0 Å². The zero-order valence-corrected chi connectivity index (χ0v) is 14.0. The lowest BCUT2D eigenvalue weighted by molar-refractivity contribution is 0.530. The fourth-order valence-electron chi connectivity index (χ4n) is 2.55. The summed E-state index contributed by atoms with van der Waals surface area (Å²) in [5.74, 6) is 0. The third kappa shape index (κ3) is 3.30. The van der Waals surface area contributed by atoms with Crippen LogP contribution >= 0.6 is 11.3 Å². The van der Waals surface area contributed by atoms with E-state index in [9.17, 15) is 0 Å². The van der Waals surface area contributed by atoms with Crippen LogP contribution in [0.4, 0.5) is 0 Å². The Kier molecular flexibility index (Phi) is 5.00. The van der Waals surface area contributed by atoms with Crippen molar-refractivity contribution in [3.63, 3.8) is 0 Å². The number of aryl methyl sites for hydroxylation is 4. The Morgan fingerprint density at radius 3 is 2.60 bits per heavy atom. The average molecular weight is 291 g/mol. The van der Waals surface area contributed by atoms with Gasteiger partial charge in [0.1, 0.15) is 0 Å². The fraction of sp³-hybridized carbons (Fsp3) is 0.562. The van der Waals surface area contributed by atoms with E-state index in [0.29, 0.717) is 6.04 Å². The molecule has 2 heterocycles. The van der Waals surface area contributed by atoms with Crippen molar-refractivity contribution in [1.29, 1.82) is 0 Å². The molecule has 0 aliphatic heterocycles. The highest BCUT2D eigenvalue weighted by atomic mass is 32.1. The third-order valence-corrected chi connectivity index (χ3v) is 4.69. The van der Waals surface area contributed by atoms with Gasteiger partial charge in [-0.3, -0.25) is 4.68 Å². The van der Waals surface area contributed by atoms with Gasteiger partial charge in [-0.15, -0.1) is 11.3 Å². The second-order valence-corrected chi connectivity index (χ2v) is 6.73. The zero-order chi connectivity index (χ0) is 14.7. The molecule has 0 aliphatic carbocycles. The second-order valence-electron chi connectivity index (χ2n) is 5.27. The van der Waals surface area contributed by atoms with Crippen LogP contribution in [0.3, 0.4) is 0 Å².